The Morgan fingerprint density at radius 3 is 2.47 bits per heavy atom. The van der Waals surface area contributed by atoms with E-state index in [1.54, 1.807) is 6.07 Å². The third-order valence-electron chi connectivity index (χ3n) is 2.18. The fraction of sp³-hybridized carbons (Fsp3) is 0.455. The number of halogens is 3. The predicted octanol–water partition coefficient (Wildman–Crippen LogP) is 3.47. The minimum Gasteiger partial charge on any atom is -0.494 e. The summed E-state index contributed by atoms with van der Waals surface area (Å²) in [5, 5.41) is 0. The van der Waals surface area contributed by atoms with Crippen molar-refractivity contribution in [3.8, 4) is 5.75 Å². The van der Waals surface area contributed by atoms with Crippen LogP contribution in [0.1, 0.15) is 5.56 Å². The van der Waals surface area contributed by atoms with Crippen LogP contribution in [-0.4, -0.2) is 18.9 Å². The Bertz CT molecular complexity index is 313. The molecule has 0 atom stereocenters. The zero-order valence-electron chi connectivity index (χ0n) is 8.47. The van der Waals surface area contributed by atoms with Gasteiger partial charge in [0.2, 0.25) is 0 Å². The Kier molecular flexibility index (Phi) is 5.20. The largest absolute Gasteiger partial charge is 0.494 e. The second-order valence-electron chi connectivity index (χ2n) is 3.35. The molecule has 0 unspecified atom stereocenters. The molecule has 1 aromatic carbocycles. The van der Waals surface area contributed by atoms with E-state index < -0.39 is 0 Å². The monoisotopic (exact) mass is 250 g/mol. The van der Waals surface area contributed by atoms with Crippen molar-refractivity contribution in [2.45, 2.75) is 6.42 Å². The van der Waals surface area contributed by atoms with Crippen molar-refractivity contribution in [3.05, 3.63) is 29.6 Å². The SMILES string of the molecule is COc1ccc(CC(CCl)CCl)cc1F. The van der Waals surface area contributed by atoms with Gasteiger partial charge in [-0.25, -0.2) is 4.39 Å². The Hall–Kier alpha value is -0.470. The van der Waals surface area contributed by atoms with Crippen LogP contribution in [0.5, 0.6) is 5.75 Å². The Morgan fingerprint density at radius 1 is 1.33 bits per heavy atom. The molecule has 0 saturated heterocycles. The van der Waals surface area contributed by atoms with Crippen LogP contribution in [0.3, 0.4) is 0 Å². The van der Waals surface area contributed by atoms with Crippen LogP contribution in [0.2, 0.25) is 0 Å². The van der Waals surface area contributed by atoms with Crippen molar-refractivity contribution >= 4 is 23.2 Å². The maximum atomic E-state index is 13.3. The van der Waals surface area contributed by atoms with Gasteiger partial charge in [-0.2, -0.15) is 0 Å². The average Bonchev–Trinajstić information content (AvgIpc) is 2.26. The molecule has 1 rings (SSSR count). The van der Waals surface area contributed by atoms with Crippen molar-refractivity contribution < 1.29 is 9.13 Å². The maximum Gasteiger partial charge on any atom is 0.165 e. The zero-order chi connectivity index (χ0) is 11.3. The zero-order valence-corrected chi connectivity index (χ0v) is 9.98. The van der Waals surface area contributed by atoms with Gasteiger partial charge in [0, 0.05) is 11.8 Å². The van der Waals surface area contributed by atoms with Crippen LogP contribution in [-0.2, 0) is 6.42 Å². The lowest BCUT2D eigenvalue weighted by atomic mass is 10.0. The molecule has 0 N–H and O–H groups in total. The summed E-state index contributed by atoms with van der Waals surface area (Å²) in [6, 6.07) is 4.91. The number of rotatable bonds is 5. The Balaban J connectivity index is 2.74. The molecule has 0 saturated carbocycles. The van der Waals surface area contributed by atoms with Gasteiger partial charge >= 0.3 is 0 Å². The molecule has 0 radical (unpaired) electrons. The Morgan fingerprint density at radius 2 is 2.00 bits per heavy atom. The molecule has 0 bridgehead atoms. The van der Waals surface area contributed by atoms with Gasteiger partial charge in [-0.05, 0) is 30.0 Å². The first kappa shape index (κ1) is 12.6. The molecule has 84 valence electrons. The lowest BCUT2D eigenvalue weighted by Gasteiger charge is -2.10. The van der Waals surface area contributed by atoms with Crippen LogP contribution in [0.15, 0.2) is 18.2 Å². The third kappa shape index (κ3) is 3.54. The van der Waals surface area contributed by atoms with Crippen molar-refractivity contribution in [1.29, 1.82) is 0 Å². The molecule has 1 aromatic rings. The van der Waals surface area contributed by atoms with Gasteiger partial charge in [-0.15, -0.1) is 23.2 Å². The standard InChI is InChI=1S/C11H13Cl2FO/c1-15-11-3-2-8(5-10(11)14)4-9(6-12)7-13/h2-3,5,9H,4,6-7H2,1H3. The van der Waals surface area contributed by atoms with E-state index in [-0.39, 0.29) is 17.5 Å². The van der Waals surface area contributed by atoms with Crippen molar-refractivity contribution in [2.75, 3.05) is 18.9 Å². The van der Waals surface area contributed by atoms with E-state index in [9.17, 15) is 4.39 Å². The summed E-state index contributed by atoms with van der Waals surface area (Å²) in [5.74, 6) is 1.06. The van der Waals surface area contributed by atoms with Gasteiger partial charge in [0.05, 0.1) is 7.11 Å². The highest BCUT2D eigenvalue weighted by molar-refractivity contribution is 6.20. The molecular formula is C11H13Cl2FO. The lowest BCUT2D eigenvalue weighted by Crippen LogP contribution is -2.08. The minimum atomic E-state index is -0.349. The van der Waals surface area contributed by atoms with Crippen LogP contribution < -0.4 is 4.74 Å². The minimum absolute atomic E-state index is 0.182. The number of hydrogen-bond donors (Lipinski definition) is 0. The van der Waals surface area contributed by atoms with Gasteiger partial charge in [0.15, 0.2) is 11.6 Å². The van der Waals surface area contributed by atoms with E-state index in [0.29, 0.717) is 18.2 Å². The quantitative estimate of drug-likeness (QED) is 0.728. The van der Waals surface area contributed by atoms with Crippen LogP contribution in [0.25, 0.3) is 0 Å². The highest BCUT2D eigenvalue weighted by atomic mass is 35.5. The van der Waals surface area contributed by atoms with E-state index in [4.69, 9.17) is 27.9 Å². The maximum absolute atomic E-state index is 13.3. The highest BCUT2D eigenvalue weighted by Crippen LogP contribution is 2.20. The second-order valence-corrected chi connectivity index (χ2v) is 3.96. The number of alkyl halides is 2. The molecule has 0 spiro atoms. The molecule has 0 aliphatic heterocycles. The normalized spacial score (nSPS) is 10.7. The van der Waals surface area contributed by atoms with Gasteiger partial charge in [-0.3, -0.25) is 0 Å². The molecule has 0 aromatic heterocycles. The lowest BCUT2D eigenvalue weighted by molar-refractivity contribution is 0.386. The molecule has 4 heteroatoms. The van der Waals surface area contributed by atoms with Crippen molar-refractivity contribution in [3.63, 3.8) is 0 Å². The summed E-state index contributed by atoms with van der Waals surface area (Å²) in [4.78, 5) is 0. The third-order valence-corrected chi connectivity index (χ3v) is 3.05. The first-order valence-electron chi connectivity index (χ1n) is 4.65. The first-order valence-corrected chi connectivity index (χ1v) is 5.72. The first-order chi connectivity index (χ1) is 7.21. The van der Waals surface area contributed by atoms with Gasteiger partial charge in [0.25, 0.3) is 0 Å². The van der Waals surface area contributed by atoms with Gasteiger partial charge in [-0.1, -0.05) is 6.07 Å². The Labute approximate surface area is 99.1 Å². The smallest absolute Gasteiger partial charge is 0.165 e. The van der Waals surface area contributed by atoms with E-state index in [1.165, 1.54) is 13.2 Å². The van der Waals surface area contributed by atoms with Gasteiger partial charge < -0.3 is 4.74 Å². The molecule has 15 heavy (non-hydrogen) atoms. The molecule has 0 heterocycles. The fourth-order valence-corrected chi connectivity index (χ4v) is 1.87. The number of hydrogen-bond acceptors (Lipinski definition) is 1. The number of methoxy groups -OCH3 is 1. The highest BCUT2D eigenvalue weighted by Gasteiger charge is 2.09. The van der Waals surface area contributed by atoms with Gasteiger partial charge in [0.1, 0.15) is 0 Å². The molecule has 0 aliphatic carbocycles. The summed E-state index contributed by atoms with van der Waals surface area (Å²) in [5.41, 5.74) is 0.889. The van der Waals surface area contributed by atoms with Crippen LogP contribution in [0, 0.1) is 11.7 Å². The van der Waals surface area contributed by atoms with E-state index in [2.05, 4.69) is 0 Å². The van der Waals surface area contributed by atoms with Crippen molar-refractivity contribution in [2.24, 2.45) is 5.92 Å². The summed E-state index contributed by atoms with van der Waals surface area (Å²) >= 11 is 11.4. The van der Waals surface area contributed by atoms with Crippen LogP contribution >= 0.6 is 23.2 Å². The van der Waals surface area contributed by atoms with E-state index in [1.807, 2.05) is 6.07 Å². The average molecular weight is 251 g/mol. The topological polar surface area (TPSA) is 9.23 Å². The molecule has 0 fully saturated rings. The van der Waals surface area contributed by atoms with Crippen molar-refractivity contribution in [1.82, 2.24) is 0 Å². The molecule has 1 nitrogen and oxygen atoms in total. The summed E-state index contributed by atoms with van der Waals surface area (Å²) in [7, 11) is 1.44. The van der Waals surface area contributed by atoms with Crippen LogP contribution in [0.4, 0.5) is 4.39 Å². The number of benzene rings is 1. The fourth-order valence-electron chi connectivity index (χ4n) is 1.32. The predicted molar refractivity (Wildman–Crippen MR) is 61.6 cm³/mol. The summed E-state index contributed by atoms with van der Waals surface area (Å²) < 4.78 is 18.1. The summed E-state index contributed by atoms with van der Waals surface area (Å²) in [6.07, 6.45) is 0.688. The number of ether oxygens (including phenoxy) is 1. The second kappa shape index (κ2) is 6.19. The van der Waals surface area contributed by atoms with E-state index >= 15 is 0 Å². The summed E-state index contributed by atoms with van der Waals surface area (Å²) in [6.45, 7) is 0. The molecule has 0 aliphatic rings. The molecular weight excluding hydrogens is 238 g/mol. The van der Waals surface area contributed by atoms with E-state index in [0.717, 1.165) is 5.56 Å². The molecule has 0 amide bonds.